The van der Waals surface area contributed by atoms with Crippen LogP contribution in [0.25, 0.3) is 0 Å². The largest absolute Gasteiger partial charge is 0.477 e. The van der Waals surface area contributed by atoms with Crippen LogP contribution in [0.3, 0.4) is 0 Å². The molecule has 1 aromatic heterocycles. The van der Waals surface area contributed by atoms with Gasteiger partial charge in [0, 0.05) is 19.5 Å². The number of hydrogen-bond donors (Lipinski definition) is 1. The number of hydrogen-bond acceptors (Lipinski definition) is 3. The summed E-state index contributed by atoms with van der Waals surface area (Å²) in [6.45, 7) is 3.36. The summed E-state index contributed by atoms with van der Waals surface area (Å²) in [6.07, 6.45) is 4.94. The molecule has 1 fully saturated rings. The summed E-state index contributed by atoms with van der Waals surface area (Å²) >= 11 is 1.22. The summed E-state index contributed by atoms with van der Waals surface area (Å²) in [6, 6.07) is 1.82. The zero-order valence-corrected chi connectivity index (χ0v) is 12.6. The molecule has 1 amide bonds. The number of thiophene rings is 1. The first-order valence-electron chi connectivity index (χ1n) is 7.19. The number of aromatic carboxylic acids is 1. The lowest BCUT2D eigenvalue weighted by atomic mass is 9.96. The van der Waals surface area contributed by atoms with Crippen LogP contribution in [0, 0.1) is 5.92 Å². The van der Waals surface area contributed by atoms with Crippen LogP contribution in [0.1, 0.15) is 54.3 Å². The minimum absolute atomic E-state index is 0.158. The van der Waals surface area contributed by atoms with Crippen LogP contribution in [-0.4, -0.2) is 28.4 Å². The summed E-state index contributed by atoms with van der Waals surface area (Å²) in [7, 11) is 0. The van der Waals surface area contributed by atoms with Gasteiger partial charge in [-0.05, 0) is 35.8 Å². The van der Waals surface area contributed by atoms with Crippen molar-refractivity contribution in [3.8, 4) is 0 Å². The maximum absolute atomic E-state index is 12.2. The quantitative estimate of drug-likeness (QED) is 0.906. The van der Waals surface area contributed by atoms with Crippen molar-refractivity contribution in [3.63, 3.8) is 0 Å². The number of carbonyl (C=O) groups excluding carboxylic acids is 1. The Hall–Kier alpha value is -1.36. The molecular formula is C15H21NO3S. The van der Waals surface area contributed by atoms with Crippen LogP contribution in [0.5, 0.6) is 0 Å². The second-order valence-electron chi connectivity index (χ2n) is 5.38. The van der Waals surface area contributed by atoms with Crippen LogP contribution in [0.15, 0.2) is 11.4 Å². The Kier molecular flexibility index (Phi) is 5.17. The van der Waals surface area contributed by atoms with Gasteiger partial charge in [0.2, 0.25) is 5.91 Å². The monoisotopic (exact) mass is 295 g/mol. The second kappa shape index (κ2) is 6.88. The highest BCUT2D eigenvalue weighted by molar-refractivity contribution is 7.12. The van der Waals surface area contributed by atoms with Gasteiger partial charge in [-0.15, -0.1) is 11.3 Å². The van der Waals surface area contributed by atoms with Crippen molar-refractivity contribution in [2.75, 3.05) is 6.54 Å². The van der Waals surface area contributed by atoms with Gasteiger partial charge >= 0.3 is 5.97 Å². The number of amides is 1. The molecule has 0 spiro atoms. The molecule has 1 N–H and O–H groups in total. The van der Waals surface area contributed by atoms with Crippen LogP contribution >= 0.6 is 11.3 Å². The van der Waals surface area contributed by atoms with Gasteiger partial charge in [0.05, 0.1) is 0 Å². The van der Waals surface area contributed by atoms with Crippen molar-refractivity contribution in [1.29, 1.82) is 0 Å². The van der Waals surface area contributed by atoms with E-state index < -0.39 is 5.97 Å². The van der Waals surface area contributed by atoms with Crippen LogP contribution in [-0.2, 0) is 11.3 Å². The fraction of sp³-hybridized carbons (Fsp3) is 0.600. The molecule has 0 bridgehead atoms. The van der Waals surface area contributed by atoms with Gasteiger partial charge in [0.1, 0.15) is 4.88 Å². The molecule has 1 aliphatic heterocycles. The van der Waals surface area contributed by atoms with E-state index in [9.17, 15) is 9.59 Å². The lowest BCUT2D eigenvalue weighted by molar-refractivity contribution is -0.131. The molecule has 0 radical (unpaired) electrons. The fourth-order valence-electron chi connectivity index (χ4n) is 2.81. The Bertz CT molecular complexity index is 483. The maximum atomic E-state index is 12.2. The van der Waals surface area contributed by atoms with E-state index in [0.717, 1.165) is 31.4 Å². The Morgan fingerprint density at radius 2 is 2.30 bits per heavy atom. The van der Waals surface area contributed by atoms with E-state index in [1.165, 1.54) is 17.8 Å². The van der Waals surface area contributed by atoms with E-state index >= 15 is 0 Å². The predicted octanol–water partition coefficient (Wildman–Crippen LogP) is 3.38. The van der Waals surface area contributed by atoms with Gasteiger partial charge in [-0.2, -0.15) is 0 Å². The fourth-order valence-corrected chi connectivity index (χ4v) is 3.56. The van der Waals surface area contributed by atoms with E-state index in [-0.39, 0.29) is 5.91 Å². The lowest BCUT2D eigenvalue weighted by Gasteiger charge is -2.20. The van der Waals surface area contributed by atoms with Crippen molar-refractivity contribution >= 4 is 23.2 Å². The summed E-state index contributed by atoms with van der Waals surface area (Å²) in [5.41, 5.74) is 0.754. The van der Waals surface area contributed by atoms with Gasteiger partial charge in [-0.1, -0.05) is 19.8 Å². The van der Waals surface area contributed by atoms with Gasteiger partial charge < -0.3 is 10.0 Å². The topological polar surface area (TPSA) is 57.6 Å². The predicted molar refractivity (Wildman–Crippen MR) is 78.9 cm³/mol. The number of carboxylic acid groups (broad SMARTS) is 1. The molecule has 2 heterocycles. The number of carbonyl (C=O) groups is 2. The summed E-state index contributed by atoms with van der Waals surface area (Å²) in [5, 5.41) is 10.9. The zero-order valence-electron chi connectivity index (χ0n) is 11.8. The Labute approximate surface area is 123 Å². The molecule has 1 atom stereocenters. The number of likely N-dealkylation sites (tertiary alicyclic amines) is 1. The average molecular weight is 295 g/mol. The van der Waals surface area contributed by atoms with Crippen LogP contribution in [0.2, 0.25) is 0 Å². The summed E-state index contributed by atoms with van der Waals surface area (Å²) in [5.74, 6) is -0.109. The van der Waals surface area contributed by atoms with Crippen molar-refractivity contribution in [1.82, 2.24) is 4.90 Å². The maximum Gasteiger partial charge on any atom is 0.346 e. The lowest BCUT2D eigenvalue weighted by Crippen LogP contribution is -2.30. The second-order valence-corrected chi connectivity index (χ2v) is 6.29. The Morgan fingerprint density at radius 1 is 1.50 bits per heavy atom. The molecule has 110 valence electrons. The first-order chi connectivity index (χ1) is 9.61. The van der Waals surface area contributed by atoms with Gasteiger partial charge in [0.15, 0.2) is 0 Å². The molecule has 0 aliphatic carbocycles. The first kappa shape index (κ1) is 15.0. The highest BCUT2D eigenvalue weighted by Gasteiger charge is 2.23. The van der Waals surface area contributed by atoms with Crippen LogP contribution in [0.4, 0.5) is 0 Å². The summed E-state index contributed by atoms with van der Waals surface area (Å²) in [4.78, 5) is 25.4. The minimum Gasteiger partial charge on any atom is -0.477 e. The molecule has 1 saturated heterocycles. The number of nitrogens with zero attached hydrogens (tertiary/aromatic N) is 1. The van der Waals surface area contributed by atoms with Gasteiger partial charge in [0.25, 0.3) is 0 Å². The third-order valence-corrected chi connectivity index (χ3v) is 4.87. The average Bonchev–Trinajstić information content (AvgIpc) is 2.81. The summed E-state index contributed by atoms with van der Waals surface area (Å²) < 4.78 is 0. The van der Waals surface area contributed by atoms with Crippen molar-refractivity contribution < 1.29 is 14.7 Å². The zero-order chi connectivity index (χ0) is 14.5. The number of carboxylic acids is 1. The first-order valence-corrected chi connectivity index (χ1v) is 8.07. The highest BCUT2D eigenvalue weighted by atomic mass is 32.1. The Morgan fingerprint density at radius 3 is 3.00 bits per heavy atom. The molecule has 0 saturated carbocycles. The van der Waals surface area contributed by atoms with E-state index in [2.05, 4.69) is 6.92 Å². The molecule has 20 heavy (non-hydrogen) atoms. The van der Waals surface area contributed by atoms with Crippen molar-refractivity contribution in [3.05, 3.63) is 21.9 Å². The van der Waals surface area contributed by atoms with E-state index in [4.69, 9.17) is 5.11 Å². The molecule has 2 rings (SSSR count). The van der Waals surface area contributed by atoms with Crippen LogP contribution < -0.4 is 0 Å². The van der Waals surface area contributed by atoms with E-state index in [0.29, 0.717) is 23.8 Å². The highest BCUT2D eigenvalue weighted by Crippen LogP contribution is 2.25. The molecule has 1 aliphatic rings. The molecule has 0 aromatic carbocycles. The normalized spacial score (nSPS) is 19.9. The van der Waals surface area contributed by atoms with Gasteiger partial charge in [-0.25, -0.2) is 4.79 Å². The molecule has 1 aromatic rings. The third kappa shape index (κ3) is 3.60. The van der Waals surface area contributed by atoms with E-state index in [1.807, 2.05) is 11.0 Å². The number of rotatable bonds is 5. The molecule has 1 unspecified atom stereocenters. The minimum atomic E-state index is -0.902. The molecule has 5 heteroatoms. The van der Waals surface area contributed by atoms with Crippen molar-refractivity contribution in [2.24, 2.45) is 5.92 Å². The smallest absolute Gasteiger partial charge is 0.346 e. The van der Waals surface area contributed by atoms with Gasteiger partial charge in [-0.3, -0.25) is 4.79 Å². The Balaban J connectivity index is 2.03. The molecule has 4 nitrogen and oxygen atoms in total. The van der Waals surface area contributed by atoms with E-state index in [1.54, 1.807) is 5.38 Å². The van der Waals surface area contributed by atoms with Crippen molar-refractivity contribution in [2.45, 2.75) is 45.6 Å². The SMILES string of the molecule is CCCC1CCC(=O)N(Cc2ccsc2C(=O)O)CC1. The molecular weight excluding hydrogens is 274 g/mol. The third-order valence-electron chi connectivity index (χ3n) is 3.93. The standard InChI is InChI=1S/C15H21NO3S/c1-2-3-11-4-5-13(17)16(8-6-11)10-12-7-9-20-14(12)15(18)19/h7,9,11H,2-6,8,10H2,1H3,(H,18,19).